The highest BCUT2D eigenvalue weighted by Gasteiger charge is 2.33. The van der Waals surface area contributed by atoms with Crippen LogP contribution in [0, 0.1) is 11.7 Å². The molecule has 1 N–H and O–H groups in total. The fourth-order valence-corrected chi connectivity index (χ4v) is 3.10. The van der Waals surface area contributed by atoms with E-state index in [0.29, 0.717) is 6.04 Å². The fourth-order valence-electron chi connectivity index (χ4n) is 3.10. The molecule has 2 heterocycles. The molecule has 3 atom stereocenters. The summed E-state index contributed by atoms with van der Waals surface area (Å²) < 4.78 is 13.0. The maximum Gasteiger partial charge on any atom is 0.194 e. The van der Waals surface area contributed by atoms with Crippen LogP contribution in [0.5, 0.6) is 0 Å². The number of guanidine groups is 1. The van der Waals surface area contributed by atoms with Crippen LogP contribution < -0.4 is 5.32 Å². The molecule has 0 radical (unpaired) electrons. The van der Waals surface area contributed by atoms with Crippen LogP contribution in [0.15, 0.2) is 29.3 Å². The molecule has 21 heavy (non-hydrogen) atoms. The number of nitrogens with one attached hydrogen (secondary N) is 1. The summed E-state index contributed by atoms with van der Waals surface area (Å²) >= 11 is 0. The molecular weight excluding hydrogens is 380 g/mol. The Kier molecular flexibility index (Phi) is 5.46. The molecule has 0 saturated carbocycles. The second-order valence-corrected chi connectivity index (χ2v) is 6.07. The second-order valence-electron chi connectivity index (χ2n) is 6.07. The van der Waals surface area contributed by atoms with Crippen molar-refractivity contribution in [3.05, 3.63) is 35.6 Å². The lowest BCUT2D eigenvalue weighted by atomic mass is 9.95. The third kappa shape index (κ3) is 3.67. The van der Waals surface area contributed by atoms with Crippen molar-refractivity contribution in [2.24, 2.45) is 10.9 Å². The quantitative estimate of drug-likeness (QED) is 0.765. The molecule has 2 aliphatic heterocycles. The molecule has 0 spiro atoms. The van der Waals surface area contributed by atoms with Gasteiger partial charge < -0.3 is 10.2 Å². The van der Waals surface area contributed by atoms with Crippen LogP contribution in [0.25, 0.3) is 0 Å². The van der Waals surface area contributed by atoms with Gasteiger partial charge in [0.25, 0.3) is 0 Å². The van der Waals surface area contributed by atoms with Crippen molar-refractivity contribution in [1.29, 1.82) is 0 Å². The Labute approximate surface area is 143 Å². The van der Waals surface area contributed by atoms with Gasteiger partial charge in [-0.15, -0.1) is 24.0 Å². The summed E-state index contributed by atoms with van der Waals surface area (Å²) in [4.78, 5) is 7.07. The highest BCUT2D eigenvalue weighted by atomic mass is 127. The molecule has 0 aliphatic carbocycles. The summed E-state index contributed by atoms with van der Waals surface area (Å²) in [6, 6.07) is 7.41. The topological polar surface area (TPSA) is 27.6 Å². The van der Waals surface area contributed by atoms with Gasteiger partial charge in [0.1, 0.15) is 5.82 Å². The molecule has 0 amide bonds. The van der Waals surface area contributed by atoms with Crippen LogP contribution in [0.2, 0.25) is 0 Å². The minimum absolute atomic E-state index is 0. The van der Waals surface area contributed by atoms with Crippen LogP contribution in [0.1, 0.15) is 38.3 Å². The van der Waals surface area contributed by atoms with Crippen molar-refractivity contribution in [2.45, 2.75) is 38.8 Å². The number of nitrogens with zero attached hydrogens (tertiary/aromatic N) is 2. The number of rotatable bonds is 2. The molecule has 2 unspecified atom stereocenters. The number of aliphatic imine (C=N–C) groups is 1. The third-order valence-corrected chi connectivity index (χ3v) is 4.38. The van der Waals surface area contributed by atoms with E-state index in [1.165, 1.54) is 25.0 Å². The first-order valence-corrected chi connectivity index (χ1v) is 7.46. The van der Waals surface area contributed by atoms with Gasteiger partial charge in [-0.05, 0) is 43.4 Å². The average molecular weight is 403 g/mol. The van der Waals surface area contributed by atoms with Crippen molar-refractivity contribution in [3.63, 3.8) is 0 Å². The smallest absolute Gasteiger partial charge is 0.194 e. The van der Waals surface area contributed by atoms with Crippen molar-refractivity contribution in [3.8, 4) is 0 Å². The van der Waals surface area contributed by atoms with E-state index >= 15 is 0 Å². The lowest BCUT2D eigenvalue weighted by Gasteiger charge is -2.36. The monoisotopic (exact) mass is 403 g/mol. The number of benzene rings is 1. The van der Waals surface area contributed by atoms with Crippen LogP contribution >= 0.6 is 24.0 Å². The predicted octanol–water partition coefficient (Wildman–Crippen LogP) is 3.56. The van der Waals surface area contributed by atoms with E-state index in [0.717, 1.165) is 30.5 Å². The maximum atomic E-state index is 13.0. The summed E-state index contributed by atoms with van der Waals surface area (Å²) in [5, 5.41) is 3.49. The average Bonchev–Trinajstić information content (AvgIpc) is 2.82. The van der Waals surface area contributed by atoms with Crippen molar-refractivity contribution < 1.29 is 4.39 Å². The molecule has 1 aromatic rings. The molecule has 2 aliphatic rings. The number of hydrogen-bond acceptors (Lipinski definition) is 3. The molecule has 3 nitrogen and oxygen atoms in total. The van der Waals surface area contributed by atoms with Crippen LogP contribution in [0.3, 0.4) is 0 Å². The van der Waals surface area contributed by atoms with Crippen LogP contribution in [0.4, 0.5) is 4.39 Å². The minimum atomic E-state index is -0.191. The molecule has 5 heteroatoms. The Morgan fingerprint density at radius 2 is 2.00 bits per heavy atom. The summed E-state index contributed by atoms with van der Waals surface area (Å²) in [5.74, 6) is 1.56. The van der Waals surface area contributed by atoms with E-state index in [-0.39, 0.29) is 35.8 Å². The predicted molar refractivity (Wildman–Crippen MR) is 94.6 cm³/mol. The summed E-state index contributed by atoms with van der Waals surface area (Å²) in [7, 11) is 0. The normalized spacial score (nSPS) is 25.7. The van der Waals surface area contributed by atoms with Crippen molar-refractivity contribution >= 4 is 29.9 Å². The number of piperidine rings is 1. The minimum Gasteiger partial charge on any atom is -0.350 e. The first-order chi connectivity index (χ1) is 9.63. The van der Waals surface area contributed by atoms with Crippen molar-refractivity contribution in [2.75, 3.05) is 13.1 Å². The van der Waals surface area contributed by atoms with Gasteiger partial charge in [0.15, 0.2) is 5.96 Å². The standard InChI is InChI=1S/C16H22FN3.HI/c1-11-3-8-15-9-18-16(20(15)10-11)19-12(2)13-4-6-14(17)7-5-13;/h4-7,11-12,15H,3,8-10H2,1-2H3,(H,18,19);1H/t11?,12-,15?;/m1./s1. The zero-order valence-corrected chi connectivity index (χ0v) is 14.9. The first kappa shape index (κ1) is 16.5. The fraction of sp³-hybridized carbons (Fsp3) is 0.562. The van der Waals surface area contributed by atoms with Crippen LogP contribution in [-0.2, 0) is 0 Å². The Bertz CT molecular complexity index is 503. The largest absolute Gasteiger partial charge is 0.350 e. The van der Waals surface area contributed by atoms with Gasteiger partial charge in [-0.25, -0.2) is 4.39 Å². The zero-order chi connectivity index (χ0) is 14.1. The van der Waals surface area contributed by atoms with Crippen molar-refractivity contribution in [1.82, 2.24) is 10.2 Å². The highest BCUT2D eigenvalue weighted by molar-refractivity contribution is 14.0. The second kappa shape index (κ2) is 6.94. The molecule has 3 rings (SSSR count). The molecule has 1 aromatic carbocycles. The third-order valence-electron chi connectivity index (χ3n) is 4.38. The van der Waals surface area contributed by atoms with Crippen LogP contribution in [-0.4, -0.2) is 30.0 Å². The lowest BCUT2D eigenvalue weighted by Crippen LogP contribution is -2.48. The van der Waals surface area contributed by atoms with E-state index in [4.69, 9.17) is 0 Å². The number of fused-ring (bicyclic) bond motifs is 1. The Balaban J connectivity index is 0.00000161. The van der Waals surface area contributed by atoms with Gasteiger partial charge in [-0.3, -0.25) is 4.99 Å². The maximum absolute atomic E-state index is 13.0. The van der Waals surface area contributed by atoms with E-state index < -0.39 is 0 Å². The van der Waals surface area contributed by atoms with Gasteiger partial charge in [0, 0.05) is 6.54 Å². The van der Waals surface area contributed by atoms with Gasteiger partial charge >= 0.3 is 0 Å². The zero-order valence-electron chi connectivity index (χ0n) is 12.6. The van der Waals surface area contributed by atoms with Gasteiger partial charge in [-0.2, -0.15) is 0 Å². The summed E-state index contributed by atoms with van der Waals surface area (Å²) in [6.45, 7) is 6.39. The lowest BCUT2D eigenvalue weighted by molar-refractivity contribution is 0.210. The molecule has 1 fully saturated rings. The van der Waals surface area contributed by atoms with Gasteiger partial charge in [-0.1, -0.05) is 19.1 Å². The number of hydrogen-bond donors (Lipinski definition) is 1. The summed E-state index contributed by atoms with van der Waals surface area (Å²) in [6.07, 6.45) is 2.54. The van der Waals surface area contributed by atoms with Gasteiger partial charge in [0.05, 0.1) is 18.6 Å². The van der Waals surface area contributed by atoms with Gasteiger partial charge in [0.2, 0.25) is 0 Å². The molecule has 116 valence electrons. The molecule has 0 aromatic heterocycles. The SMILES string of the molecule is CC1CCC2CN=C(N[C@H](C)c3ccc(F)cc3)N2C1.I. The molecule has 0 bridgehead atoms. The van der Waals surface area contributed by atoms with E-state index in [2.05, 4.69) is 29.1 Å². The van der Waals surface area contributed by atoms with E-state index in [9.17, 15) is 4.39 Å². The Morgan fingerprint density at radius 3 is 2.71 bits per heavy atom. The number of halogens is 2. The Morgan fingerprint density at radius 1 is 1.29 bits per heavy atom. The van der Waals surface area contributed by atoms with E-state index in [1.807, 2.05) is 12.1 Å². The first-order valence-electron chi connectivity index (χ1n) is 7.46. The molecule has 1 saturated heterocycles. The van der Waals surface area contributed by atoms with E-state index in [1.54, 1.807) is 0 Å². The summed E-state index contributed by atoms with van der Waals surface area (Å²) in [5.41, 5.74) is 1.09. The highest BCUT2D eigenvalue weighted by Crippen LogP contribution is 2.26. The molecular formula is C16H23FIN3. The Hall–Kier alpha value is -0.850.